The number of fused-ring (bicyclic) bond motifs is 1. The van der Waals surface area contributed by atoms with Crippen molar-refractivity contribution < 1.29 is 0 Å². The lowest BCUT2D eigenvalue weighted by Crippen LogP contribution is -2.07. The molecule has 0 fully saturated rings. The maximum atomic E-state index is 11.8. The highest BCUT2D eigenvalue weighted by Crippen LogP contribution is 2.27. The minimum atomic E-state index is -0.337. The van der Waals surface area contributed by atoms with Gasteiger partial charge in [-0.25, -0.2) is 9.78 Å². The molecule has 3 rings (SSSR count). The van der Waals surface area contributed by atoms with E-state index in [4.69, 9.17) is 11.6 Å². The number of aromatic nitrogens is 4. The van der Waals surface area contributed by atoms with Crippen molar-refractivity contribution in [2.75, 3.05) is 0 Å². The van der Waals surface area contributed by atoms with Crippen molar-refractivity contribution in [1.82, 2.24) is 20.0 Å². The Balaban J connectivity index is 2.45. The van der Waals surface area contributed by atoms with Crippen molar-refractivity contribution in [1.29, 1.82) is 0 Å². The molecule has 0 aliphatic rings. The van der Waals surface area contributed by atoms with Crippen LogP contribution in [0.4, 0.5) is 0 Å². The van der Waals surface area contributed by atoms with Gasteiger partial charge in [0.15, 0.2) is 5.52 Å². The molecule has 0 unspecified atom stereocenters. The van der Waals surface area contributed by atoms with Gasteiger partial charge >= 0.3 is 0 Å². The molecule has 20 heavy (non-hydrogen) atoms. The van der Waals surface area contributed by atoms with Crippen molar-refractivity contribution in [2.24, 2.45) is 0 Å². The van der Waals surface area contributed by atoms with Crippen molar-refractivity contribution in [3.05, 3.63) is 58.1 Å². The number of nitrogens with zero attached hydrogens (tertiary/aromatic N) is 3. The van der Waals surface area contributed by atoms with Crippen LogP contribution in [0, 0.1) is 0 Å². The molecule has 0 bridgehead atoms. The SMILES string of the molecule is C=C(C)c1c2cn[nH]c(=O)c2nn1-c1ccccc1Cl. The van der Waals surface area contributed by atoms with Crippen LogP contribution in [0.15, 0.2) is 41.8 Å². The zero-order valence-electron chi connectivity index (χ0n) is 10.7. The van der Waals surface area contributed by atoms with E-state index in [1.807, 2.05) is 25.1 Å². The van der Waals surface area contributed by atoms with Gasteiger partial charge < -0.3 is 0 Å². The number of nitrogens with one attached hydrogen (secondary N) is 1. The molecule has 6 heteroatoms. The van der Waals surface area contributed by atoms with E-state index < -0.39 is 0 Å². The van der Waals surface area contributed by atoms with Gasteiger partial charge in [-0.1, -0.05) is 30.3 Å². The van der Waals surface area contributed by atoms with Crippen LogP contribution in [-0.4, -0.2) is 20.0 Å². The first-order chi connectivity index (χ1) is 9.59. The maximum Gasteiger partial charge on any atom is 0.292 e. The summed E-state index contributed by atoms with van der Waals surface area (Å²) in [5.41, 5.74) is 2.18. The Kier molecular flexibility index (Phi) is 2.91. The fraction of sp³-hybridized carbons (Fsp3) is 0.0714. The van der Waals surface area contributed by atoms with Crippen molar-refractivity contribution in [3.63, 3.8) is 0 Å². The number of hydrogen-bond donors (Lipinski definition) is 1. The zero-order chi connectivity index (χ0) is 14.3. The van der Waals surface area contributed by atoms with Crippen LogP contribution in [-0.2, 0) is 0 Å². The summed E-state index contributed by atoms with van der Waals surface area (Å²) in [4.78, 5) is 11.8. The minimum absolute atomic E-state index is 0.318. The molecule has 0 spiro atoms. The highest BCUT2D eigenvalue weighted by atomic mass is 35.5. The molecule has 1 aromatic carbocycles. The van der Waals surface area contributed by atoms with E-state index in [9.17, 15) is 4.79 Å². The van der Waals surface area contributed by atoms with Gasteiger partial charge in [0.25, 0.3) is 5.56 Å². The van der Waals surface area contributed by atoms with E-state index in [0.717, 1.165) is 11.3 Å². The highest BCUT2D eigenvalue weighted by molar-refractivity contribution is 6.32. The number of benzene rings is 1. The number of allylic oxidation sites excluding steroid dienone is 1. The predicted molar refractivity (Wildman–Crippen MR) is 79.2 cm³/mol. The molecule has 0 atom stereocenters. The Morgan fingerprint density at radius 3 is 2.85 bits per heavy atom. The topological polar surface area (TPSA) is 63.6 Å². The molecule has 1 N–H and O–H groups in total. The van der Waals surface area contributed by atoms with Gasteiger partial charge in [-0.15, -0.1) is 0 Å². The Hall–Kier alpha value is -2.40. The van der Waals surface area contributed by atoms with Crippen LogP contribution in [0.5, 0.6) is 0 Å². The molecular weight excluding hydrogens is 276 g/mol. The van der Waals surface area contributed by atoms with E-state index in [1.54, 1.807) is 16.9 Å². The molecule has 0 aliphatic heterocycles. The Bertz CT molecular complexity index is 878. The molecule has 2 aromatic heterocycles. The molecule has 0 saturated heterocycles. The average Bonchev–Trinajstić information content (AvgIpc) is 2.80. The predicted octanol–water partition coefficient (Wildman–Crippen LogP) is 2.80. The van der Waals surface area contributed by atoms with E-state index in [2.05, 4.69) is 21.9 Å². The maximum absolute atomic E-state index is 11.8. The summed E-state index contributed by atoms with van der Waals surface area (Å²) in [6, 6.07) is 7.30. The fourth-order valence-electron chi connectivity index (χ4n) is 2.14. The third-order valence-corrected chi connectivity index (χ3v) is 3.30. The van der Waals surface area contributed by atoms with E-state index in [1.165, 1.54) is 0 Å². The second-order valence-corrected chi connectivity index (χ2v) is 4.86. The second-order valence-electron chi connectivity index (χ2n) is 4.45. The van der Waals surface area contributed by atoms with Crippen LogP contribution in [0.2, 0.25) is 5.02 Å². The lowest BCUT2D eigenvalue weighted by molar-refractivity contribution is 0.877. The first-order valence-corrected chi connectivity index (χ1v) is 6.34. The normalized spacial score (nSPS) is 10.9. The fourth-order valence-corrected chi connectivity index (χ4v) is 2.35. The van der Waals surface area contributed by atoms with Gasteiger partial charge in [-0.05, 0) is 24.6 Å². The van der Waals surface area contributed by atoms with Crippen LogP contribution < -0.4 is 5.56 Å². The summed E-state index contributed by atoms with van der Waals surface area (Å²) in [5, 5.41) is 11.8. The number of H-pyrrole nitrogens is 1. The summed E-state index contributed by atoms with van der Waals surface area (Å²) in [7, 11) is 0. The quantitative estimate of drug-likeness (QED) is 0.788. The summed E-state index contributed by atoms with van der Waals surface area (Å²) >= 11 is 6.21. The van der Waals surface area contributed by atoms with Crippen molar-refractivity contribution in [3.8, 4) is 5.69 Å². The molecule has 0 amide bonds. The van der Waals surface area contributed by atoms with Crippen molar-refractivity contribution in [2.45, 2.75) is 6.92 Å². The van der Waals surface area contributed by atoms with Crippen LogP contribution in [0.25, 0.3) is 22.2 Å². The Morgan fingerprint density at radius 2 is 2.15 bits per heavy atom. The van der Waals surface area contributed by atoms with Gasteiger partial charge in [0.2, 0.25) is 0 Å². The molecule has 0 aliphatic carbocycles. The van der Waals surface area contributed by atoms with E-state index >= 15 is 0 Å². The van der Waals surface area contributed by atoms with Gasteiger partial charge in [-0.3, -0.25) is 4.79 Å². The summed E-state index contributed by atoms with van der Waals surface area (Å²) < 4.78 is 1.63. The Morgan fingerprint density at radius 1 is 1.40 bits per heavy atom. The van der Waals surface area contributed by atoms with Gasteiger partial charge in [0.1, 0.15) is 0 Å². The molecule has 2 heterocycles. The van der Waals surface area contributed by atoms with Gasteiger partial charge in [0, 0.05) is 0 Å². The lowest BCUT2D eigenvalue weighted by atomic mass is 10.1. The summed E-state index contributed by atoms with van der Waals surface area (Å²) in [6.45, 7) is 5.80. The molecule has 3 aromatic rings. The third kappa shape index (κ3) is 1.83. The molecule has 0 radical (unpaired) electrons. The first kappa shape index (κ1) is 12.6. The smallest absolute Gasteiger partial charge is 0.265 e. The van der Waals surface area contributed by atoms with Crippen LogP contribution in [0.1, 0.15) is 12.6 Å². The molecule has 5 nitrogen and oxygen atoms in total. The number of hydrogen-bond acceptors (Lipinski definition) is 3. The second kappa shape index (κ2) is 4.61. The van der Waals surface area contributed by atoms with Crippen LogP contribution >= 0.6 is 11.6 Å². The van der Waals surface area contributed by atoms with Gasteiger partial charge in [0.05, 0.1) is 28.0 Å². The van der Waals surface area contributed by atoms with Crippen LogP contribution in [0.3, 0.4) is 0 Å². The molecule has 0 saturated carbocycles. The van der Waals surface area contributed by atoms with Crippen molar-refractivity contribution >= 4 is 28.1 Å². The number of aromatic amines is 1. The third-order valence-electron chi connectivity index (χ3n) is 2.98. The number of rotatable bonds is 2. The van der Waals surface area contributed by atoms with Gasteiger partial charge in [-0.2, -0.15) is 10.2 Å². The summed E-state index contributed by atoms with van der Waals surface area (Å²) in [6.07, 6.45) is 1.57. The standard InChI is InChI=1S/C14H11ClN4O/c1-8(2)13-9-7-16-17-14(20)12(9)18-19(13)11-6-4-3-5-10(11)15/h3-7H,1H2,2H3,(H,17,20). The average molecular weight is 287 g/mol. The monoisotopic (exact) mass is 286 g/mol. The molecular formula is C14H11ClN4O. The largest absolute Gasteiger partial charge is 0.292 e. The summed E-state index contributed by atoms with van der Waals surface area (Å²) in [5.74, 6) is 0. The zero-order valence-corrected chi connectivity index (χ0v) is 11.5. The van der Waals surface area contributed by atoms with E-state index in [-0.39, 0.29) is 5.56 Å². The number of para-hydroxylation sites is 1. The lowest BCUT2D eigenvalue weighted by Gasteiger charge is -2.08. The Labute approximate surface area is 119 Å². The minimum Gasteiger partial charge on any atom is -0.265 e. The first-order valence-electron chi connectivity index (χ1n) is 5.97. The highest BCUT2D eigenvalue weighted by Gasteiger charge is 2.17. The van der Waals surface area contributed by atoms with E-state index in [0.29, 0.717) is 21.6 Å². The molecule has 100 valence electrons. The number of halogens is 1.